The second-order valence-electron chi connectivity index (χ2n) is 4.98. The van der Waals surface area contributed by atoms with Crippen LogP contribution in [0.4, 0.5) is 0 Å². The molecule has 1 fully saturated rings. The largest absolute Gasteiger partial charge is 0.279 e. The van der Waals surface area contributed by atoms with E-state index < -0.39 is 5.54 Å². The van der Waals surface area contributed by atoms with Crippen molar-refractivity contribution >= 4 is 6.72 Å². The van der Waals surface area contributed by atoms with Gasteiger partial charge in [0.2, 0.25) is 0 Å². The number of nitrogens with zero attached hydrogens (tertiary/aromatic N) is 2. The van der Waals surface area contributed by atoms with Gasteiger partial charge in [0.25, 0.3) is 0 Å². The van der Waals surface area contributed by atoms with E-state index in [1.165, 1.54) is 44.9 Å². The number of nitriles is 1. The normalized spacial score (nSPS) is 23.4. The molecular weight excluding hydrogens is 196 g/mol. The van der Waals surface area contributed by atoms with E-state index in [1.54, 1.807) is 0 Å². The van der Waals surface area contributed by atoms with Gasteiger partial charge in [-0.25, -0.2) is 0 Å². The lowest BCUT2D eigenvalue weighted by molar-refractivity contribution is 0.406. The van der Waals surface area contributed by atoms with Crippen LogP contribution in [0.2, 0.25) is 0 Å². The molecule has 0 radical (unpaired) electrons. The summed E-state index contributed by atoms with van der Waals surface area (Å²) < 4.78 is 0. The van der Waals surface area contributed by atoms with Crippen LogP contribution in [0.5, 0.6) is 0 Å². The fourth-order valence-electron chi connectivity index (χ4n) is 2.50. The molecule has 1 aliphatic rings. The Hall–Kier alpha value is -0.840. The van der Waals surface area contributed by atoms with Crippen LogP contribution in [0, 0.1) is 11.3 Å². The summed E-state index contributed by atoms with van der Waals surface area (Å²) in [5, 5.41) is 9.26. The van der Waals surface area contributed by atoms with Crippen LogP contribution in [0.15, 0.2) is 4.99 Å². The monoisotopic (exact) mass is 220 g/mol. The van der Waals surface area contributed by atoms with Crippen molar-refractivity contribution in [2.45, 2.75) is 76.2 Å². The van der Waals surface area contributed by atoms with Crippen molar-refractivity contribution in [3.8, 4) is 6.07 Å². The van der Waals surface area contributed by atoms with Gasteiger partial charge in [0.15, 0.2) is 0 Å². The highest BCUT2D eigenvalue weighted by Gasteiger charge is 2.26. The van der Waals surface area contributed by atoms with Crippen molar-refractivity contribution in [3.05, 3.63) is 0 Å². The minimum absolute atomic E-state index is 0.473. The van der Waals surface area contributed by atoms with E-state index in [-0.39, 0.29) is 0 Å². The molecule has 0 bridgehead atoms. The second kappa shape index (κ2) is 7.44. The third kappa shape index (κ3) is 4.35. The lowest BCUT2D eigenvalue weighted by atomic mass is 9.87. The second-order valence-corrected chi connectivity index (χ2v) is 4.98. The zero-order valence-electron chi connectivity index (χ0n) is 10.4. The van der Waals surface area contributed by atoms with Gasteiger partial charge in [-0.2, -0.15) is 5.26 Å². The summed E-state index contributed by atoms with van der Waals surface area (Å²) in [4.78, 5) is 4.11. The van der Waals surface area contributed by atoms with Gasteiger partial charge in [0.05, 0.1) is 6.07 Å². The predicted molar refractivity (Wildman–Crippen MR) is 68.7 cm³/mol. The molecule has 0 unspecified atom stereocenters. The van der Waals surface area contributed by atoms with Gasteiger partial charge < -0.3 is 0 Å². The van der Waals surface area contributed by atoms with Crippen LogP contribution in [-0.4, -0.2) is 12.3 Å². The lowest BCUT2D eigenvalue weighted by Crippen LogP contribution is -2.24. The Morgan fingerprint density at radius 2 is 1.19 bits per heavy atom. The molecule has 1 aliphatic carbocycles. The van der Waals surface area contributed by atoms with E-state index in [4.69, 9.17) is 0 Å². The van der Waals surface area contributed by atoms with Crippen LogP contribution in [0.25, 0.3) is 0 Å². The van der Waals surface area contributed by atoms with Gasteiger partial charge in [0.1, 0.15) is 5.54 Å². The van der Waals surface area contributed by atoms with Crippen LogP contribution in [0.1, 0.15) is 70.6 Å². The van der Waals surface area contributed by atoms with E-state index in [0.29, 0.717) is 0 Å². The molecule has 0 amide bonds. The summed E-state index contributed by atoms with van der Waals surface area (Å²) in [6.07, 6.45) is 13.3. The highest BCUT2D eigenvalue weighted by molar-refractivity contribution is 5.29. The van der Waals surface area contributed by atoms with Crippen molar-refractivity contribution in [1.82, 2.24) is 0 Å². The standard InChI is InChI=1S/C14H24N2/c1-16-14(13-15)11-9-7-5-3-2-4-6-8-10-12-14/h1-12H2. The lowest BCUT2D eigenvalue weighted by Gasteiger charge is -2.22. The smallest absolute Gasteiger partial charge is 0.146 e. The number of rotatable bonds is 1. The molecule has 0 N–H and O–H groups in total. The van der Waals surface area contributed by atoms with E-state index in [9.17, 15) is 5.26 Å². The van der Waals surface area contributed by atoms with Crippen molar-refractivity contribution in [2.75, 3.05) is 0 Å². The van der Waals surface area contributed by atoms with Crippen LogP contribution >= 0.6 is 0 Å². The summed E-state index contributed by atoms with van der Waals surface area (Å²) in [6.45, 7) is 3.62. The molecule has 0 aliphatic heterocycles. The van der Waals surface area contributed by atoms with Crippen molar-refractivity contribution in [1.29, 1.82) is 5.26 Å². The first-order valence-corrected chi connectivity index (χ1v) is 6.72. The minimum Gasteiger partial charge on any atom is -0.279 e. The fourth-order valence-corrected chi connectivity index (χ4v) is 2.50. The molecule has 16 heavy (non-hydrogen) atoms. The van der Waals surface area contributed by atoms with E-state index in [1.807, 2.05) is 0 Å². The Morgan fingerprint density at radius 3 is 1.50 bits per heavy atom. The Balaban J connectivity index is 2.48. The quantitative estimate of drug-likeness (QED) is 0.608. The van der Waals surface area contributed by atoms with Gasteiger partial charge in [0, 0.05) is 0 Å². The first-order chi connectivity index (χ1) is 7.83. The number of hydrogen-bond donors (Lipinski definition) is 0. The molecule has 0 heterocycles. The maximum absolute atomic E-state index is 9.26. The molecule has 1 saturated carbocycles. The Kier molecular flexibility index (Phi) is 6.15. The fraction of sp³-hybridized carbons (Fsp3) is 0.857. The molecule has 0 aromatic carbocycles. The third-order valence-electron chi connectivity index (χ3n) is 3.69. The van der Waals surface area contributed by atoms with Crippen molar-refractivity contribution in [3.63, 3.8) is 0 Å². The Labute approximate surface area is 99.8 Å². The van der Waals surface area contributed by atoms with Crippen molar-refractivity contribution < 1.29 is 0 Å². The Morgan fingerprint density at radius 1 is 0.812 bits per heavy atom. The van der Waals surface area contributed by atoms with E-state index in [0.717, 1.165) is 25.7 Å². The molecule has 0 aromatic rings. The maximum Gasteiger partial charge on any atom is 0.146 e. The average Bonchev–Trinajstić information content (AvgIpc) is 2.31. The summed E-state index contributed by atoms with van der Waals surface area (Å²) in [5.74, 6) is 0. The predicted octanol–water partition coefficient (Wildman–Crippen LogP) is 4.25. The third-order valence-corrected chi connectivity index (χ3v) is 3.69. The highest BCUT2D eigenvalue weighted by atomic mass is 14.8. The minimum atomic E-state index is -0.473. The van der Waals surface area contributed by atoms with Crippen molar-refractivity contribution in [2.24, 2.45) is 4.99 Å². The maximum atomic E-state index is 9.26. The molecule has 2 heteroatoms. The number of hydrogen-bond acceptors (Lipinski definition) is 2. The molecular formula is C14H24N2. The van der Waals surface area contributed by atoms with Gasteiger partial charge >= 0.3 is 0 Å². The van der Waals surface area contributed by atoms with Crippen LogP contribution < -0.4 is 0 Å². The molecule has 2 nitrogen and oxygen atoms in total. The molecule has 0 spiro atoms. The molecule has 1 rings (SSSR count). The summed E-state index contributed by atoms with van der Waals surface area (Å²) in [7, 11) is 0. The van der Waals surface area contributed by atoms with E-state index >= 15 is 0 Å². The summed E-state index contributed by atoms with van der Waals surface area (Å²) >= 11 is 0. The van der Waals surface area contributed by atoms with Gasteiger partial charge in [-0.15, -0.1) is 0 Å². The molecule has 0 atom stereocenters. The van der Waals surface area contributed by atoms with Gasteiger partial charge in [-0.05, 0) is 32.4 Å². The SMILES string of the molecule is C=NC1(C#N)CCCCCCCCCCC1. The first-order valence-electron chi connectivity index (χ1n) is 6.72. The van der Waals surface area contributed by atoms with E-state index in [2.05, 4.69) is 17.8 Å². The molecule has 0 aromatic heterocycles. The number of aliphatic imine (C=N–C) groups is 1. The zero-order valence-corrected chi connectivity index (χ0v) is 10.4. The Bertz CT molecular complexity index is 228. The highest BCUT2D eigenvalue weighted by Crippen LogP contribution is 2.27. The van der Waals surface area contributed by atoms with Crippen LogP contribution in [-0.2, 0) is 0 Å². The van der Waals surface area contributed by atoms with Crippen LogP contribution in [0.3, 0.4) is 0 Å². The summed E-state index contributed by atoms with van der Waals surface area (Å²) in [5.41, 5.74) is -0.473. The zero-order chi connectivity index (χ0) is 11.7. The molecule has 0 saturated heterocycles. The molecule has 90 valence electrons. The topological polar surface area (TPSA) is 36.1 Å². The first kappa shape index (κ1) is 13.2. The van der Waals surface area contributed by atoms with Gasteiger partial charge in [-0.3, -0.25) is 4.99 Å². The average molecular weight is 220 g/mol. The van der Waals surface area contributed by atoms with Gasteiger partial charge in [-0.1, -0.05) is 44.9 Å². The summed E-state index contributed by atoms with van der Waals surface area (Å²) in [6, 6.07) is 2.39.